The third kappa shape index (κ3) is 3.97. The maximum atomic E-state index is 12.5. The Morgan fingerprint density at radius 1 is 1.10 bits per heavy atom. The Balaban J connectivity index is 2.36. The first-order valence-electron chi connectivity index (χ1n) is 9.49. The fourth-order valence-corrected chi connectivity index (χ4v) is 3.67. The lowest BCUT2D eigenvalue weighted by atomic mass is 9.94. The predicted octanol–water partition coefficient (Wildman–Crippen LogP) is 2.25. The maximum Gasteiger partial charge on any atom is 0.250 e. The molecular weight excluding hydrogens is 400 g/mol. The van der Waals surface area contributed by atoms with Crippen molar-refractivity contribution in [1.29, 1.82) is 0 Å². The largest absolute Gasteiger partial charge is 0.493 e. The second-order valence-electron chi connectivity index (χ2n) is 6.66. The number of nitrogens with two attached hydrogens (primary N) is 1. The van der Waals surface area contributed by atoms with Crippen molar-refractivity contribution in [2.75, 3.05) is 27.9 Å². The third-order valence-corrected chi connectivity index (χ3v) is 5.01. The van der Waals surface area contributed by atoms with Crippen LogP contribution in [0.4, 0.5) is 0 Å². The molecule has 3 rings (SSSR count). The maximum absolute atomic E-state index is 12.5. The fourth-order valence-electron chi connectivity index (χ4n) is 3.67. The molecule has 1 aromatic heterocycles. The number of methoxy groups -OCH3 is 3. The summed E-state index contributed by atoms with van der Waals surface area (Å²) >= 11 is 0. The van der Waals surface area contributed by atoms with Gasteiger partial charge < -0.3 is 29.6 Å². The number of aliphatic hydroxyl groups excluding tert-OH is 1. The Kier molecular flexibility index (Phi) is 6.61. The van der Waals surface area contributed by atoms with Gasteiger partial charge in [-0.2, -0.15) is 0 Å². The van der Waals surface area contributed by atoms with Crippen LogP contribution in [0.15, 0.2) is 42.6 Å². The van der Waals surface area contributed by atoms with Gasteiger partial charge in [-0.1, -0.05) is 18.2 Å². The zero-order valence-corrected chi connectivity index (χ0v) is 17.5. The summed E-state index contributed by atoms with van der Waals surface area (Å²) in [6.45, 7) is 0.260. The molecule has 3 aromatic rings. The molecule has 0 saturated carbocycles. The number of allylic oxidation sites excluding steroid dienone is 1. The number of fused-ring (bicyclic) bond motifs is 1. The number of primary amides is 1. The smallest absolute Gasteiger partial charge is 0.250 e. The summed E-state index contributed by atoms with van der Waals surface area (Å²) < 4.78 is 17.9. The number of carbonyl (C=O) groups is 2. The monoisotopic (exact) mass is 424 g/mol. The van der Waals surface area contributed by atoms with Crippen LogP contribution in [0.2, 0.25) is 0 Å². The minimum atomic E-state index is -0.782. The first-order valence-corrected chi connectivity index (χ1v) is 9.49. The number of aromatic nitrogens is 1. The van der Waals surface area contributed by atoms with Crippen molar-refractivity contribution in [2.24, 2.45) is 5.73 Å². The SMILES string of the molecule is COc1cc(/C(C(N)=O)=C(/C=O)c2cn(CCO)c3ccccc23)cc(OC)c1OC. The lowest BCUT2D eigenvalue weighted by molar-refractivity contribution is -0.113. The lowest BCUT2D eigenvalue weighted by Gasteiger charge is -2.16. The zero-order chi connectivity index (χ0) is 22.5. The van der Waals surface area contributed by atoms with Crippen molar-refractivity contribution in [3.8, 4) is 17.2 Å². The highest BCUT2D eigenvalue weighted by Crippen LogP contribution is 2.41. The van der Waals surface area contributed by atoms with E-state index in [1.54, 1.807) is 18.3 Å². The van der Waals surface area contributed by atoms with Crippen LogP contribution in [0.1, 0.15) is 11.1 Å². The molecule has 31 heavy (non-hydrogen) atoms. The Labute approximate surface area is 179 Å². The number of ether oxygens (including phenoxy) is 3. The number of rotatable bonds is 9. The molecule has 0 bridgehead atoms. The number of nitrogens with zero attached hydrogens (tertiary/aromatic N) is 1. The number of para-hydroxylation sites is 1. The molecule has 8 heteroatoms. The number of hydrogen-bond donors (Lipinski definition) is 2. The second kappa shape index (κ2) is 9.36. The lowest BCUT2D eigenvalue weighted by Crippen LogP contribution is -2.15. The molecule has 3 N–H and O–H groups in total. The van der Waals surface area contributed by atoms with E-state index in [4.69, 9.17) is 19.9 Å². The van der Waals surface area contributed by atoms with Crippen LogP contribution >= 0.6 is 0 Å². The van der Waals surface area contributed by atoms with Crippen molar-refractivity contribution in [3.05, 3.63) is 53.7 Å². The molecular formula is C23H24N2O6. The van der Waals surface area contributed by atoms with Crippen molar-refractivity contribution in [3.63, 3.8) is 0 Å². The number of hydrogen-bond acceptors (Lipinski definition) is 6. The molecule has 0 atom stereocenters. The molecule has 0 unspecified atom stereocenters. The van der Waals surface area contributed by atoms with Gasteiger partial charge in [0.25, 0.3) is 0 Å². The number of benzene rings is 2. The Hall–Kier alpha value is -3.78. The Bertz CT molecular complexity index is 1140. The molecule has 1 heterocycles. The first-order chi connectivity index (χ1) is 15.0. The molecule has 0 fully saturated rings. The summed E-state index contributed by atoms with van der Waals surface area (Å²) in [5.74, 6) is 0.215. The van der Waals surface area contributed by atoms with Gasteiger partial charge in [0, 0.05) is 34.8 Å². The highest BCUT2D eigenvalue weighted by atomic mass is 16.5. The summed E-state index contributed by atoms with van der Waals surface area (Å²) in [5, 5.41) is 10.2. The van der Waals surface area contributed by atoms with Crippen LogP contribution in [-0.2, 0) is 16.1 Å². The first kappa shape index (κ1) is 21.9. The standard InChI is InChI=1S/C23H24N2O6/c1-29-19-10-14(11-20(30-2)22(19)31-3)21(23(24)28)17(13-27)16-12-25(8-9-26)18-7-5-4-6-15(16)18/h4-7,10-13,26H,8-9H2,1-3H3,(H2,24,28)/b21-17+. The van der Waals surface area contributed by atoms with Gasteiger partial charge >= 0.3 is 0 Å². The van der Waals surface area contributed by atoms with Crippen LogP contribution in [0.5, 0.6) is 17.2 Å². The molecule has 2 aromatic carbocycles. The van der Waals surface area contributed by atoms with Crippen molar-refractivity contribution >= 4 is 34.2 Å². The van der Waals surface area contributed by atoms with E-state index < -0.39 is 5.91 Å². The summed E-state index contributed by atoms with van der Waals surface area (Å²) in [5.41, 5.74) is 7.56. The second-order valence-corrected chi connectivity index (χ2v) is 6.66. The highest BCUT2D eigenvalue weighted by molar-refractivity contribution is 6.36. The van der Waals surface area contributed by atoms with Gasteiger partial charge in [0.2, 0.25) is 11.7 Å². The summed E-state index contributed by atoms with van der Waals surface area (Å²) in [7, 11) is 4.38. The van der Waals surface area contributed by atoms with E-state index in [1.165, 1.54) is 21.3 Å². The van der Waals surface area contributed by atoms with Crippen molar-refractivity contribution in [2.45, 2.75) is 6.54 Å². The van der Waals surface area contributed by atoms with E-state index in [2.05, 4.69) is 0 Å². The predicted molar refractivity (Wildman–Crippen MR) is 117 cm³/mol. The van der Waals surface area contributed by atoms with E-state index in [0.717, 1.165) is 10.9 Å². The average molecular weight is 424 g/mol. The van der Waals surface area contributed by atoms with Gasteiger partial charge in [-0.3, -0.25) is 9.59 Å². The quantitative estimate of drug-likeness (QED) is 0.402. The van der Waals surface area contributed by atoms with E-state index in [0.29, 0.717) is 41.2 Å². The minimum absolute atomic E-state index is 0.0150. The number of aldehydes is 1. The molecule has 0 saturated heterocycles. The fraction of sp³-hybridized carbons (Fsp3) is 0.217. The van der Waals surface area contributed by atoms with Gasteiger partial charge in [-0.15, -0.1) is 0 Å². The molecule has 0 aliphatic rings. The molecule has 1 amide bonds. The Morgan fingerprint density at radius 3 is 2.26 bits per heavy atom. The highest BCUT2D eigenvalue weighted by Gasteiger charge is 2.23. The normalized spacial score (nSPS) is 11.7. The van der Waals surface area contributed by atoms with Crippen LogP contribution in [0.25, 0.3) is 22.0 Å². The number of carbonyl (C=O) groups excluding carboxylic acids is 2. The van der Waals surface area contributed by atoms with Crippen LogP contribution < -0.4 is 19.9 Å². The molecule has 0 aliphatic carbocycles. The molecule has 0 spiro atoms. The molecule has 8 nitrogen and oxygen atoms in total. The topological polar surface area (TPSA) is 113 Å². The summed E-state index contributed by atoms with van der Waals surface area (Å²) in [4.78, 5) is 24.8. The minimum Gasteiger partial charge on any atom is -0.493 e. The number of aliphatic hydroxyl groups is 1. The van der Waals surface area contributed by atoms with Crippen LogP contribution in [0, 0.1) is 0 Å². The van der Waals surface area contributed by atoms with Gasteiger partial charge in [0.15, 0.2) is 17.8 Å². The molecule has 0 radical (unpaired) electrons. The van der Waals surface area contributed by atoms with Crippen LogP contribution in [0.3, 0.4) is 0 Å². The number of amides is 1. The van der Waals surface area contributed by atoms with Gasteiger partial charge in [0.05, 0.1) is 33.5 Å². The van der Waals surface area contributed by atoms with Gasteiger partial charge in [-0.05, 0) is 23.8 Å². The summed E-state index contributed by atoms with van der Waals surface area (Å²) in [6, 6.07) is 10.5. The molecule has 162 valence electrons. The van der Waals surface area contributed by atoms with E-state index in [9.17, 15) is 14.7 Å². The van der Waals surface area contributed by atoms with Crippen molar-refractivity contribution in [1.82, 2.24) is 4.57 Å². The third-order valence-electron chi connectivity index (χ3n) is 5.01. The average Bonchev–Trinajstić information content (AvgIpc) is 3.14. The van der Waals surface area contributed by atoms with E-state index >= 15 is 0 Å². The summed E-state index contributed by atoms with van der Waals surface area (Å²) in [6.07, 6.45) is 2.33. The van der Waals surface area contributed by atoms with Crippen LogP contribution in [-0.4, -0.2) is 49.8 Å². The molecule has 0 aliphatic heterocycles. The van der Waals surface area contributed by atoms with Gasteiger partial charge in [-0.25, -0.2) is 0 Å². The van der Waals surface area contributed by atoms with Gasteiger partial charge in [0.1, 0.15) is 0 Å². The Morgan fingerprint density at radius 2 is 1.74 bits per heavy atom. The van der Waals surface area contributed by atoms with Crippen molar-refractivity contribution < 1.29 is 28.9 Å². The van der Waals surface area contributed by atoms with E-state index in [-0.39, 0.29) is 17.8 Å². The van der Waals surface area contributed by atoms with E-state index in [1.807, 2.05) is 28.8 Å². The zero-order valence-electron chi connectivity index (χ0n) is 17.5.